The first-order valence-corrected chi connectivity index (χ1v) is 8.48. The Kier molecular flexibility index (Phi) is 6.58. The fourth-order valence-corrected chi connectivity index (χ4v) is 2.40. The van der Waals surface area contributed by atoms with Crippen LogP contribution in [0.1, 0.15) is 26.7 Å². The monoisotopic (exact) mass is 362 g/mol. The molecule has 2 aromatic rings. The molecule has 26 heavy (non-hydrogen) atoms. The van der Waals surface area contributed by atoms with Crippen LogP contribution in [0.3, 0.4) is 0 Å². The minimum atomic E-state index is -0.869. The van der Waals surface area contributed by atoms with E-state index in [1.54, 1.807) is 45.2 Å². The molecule has 0 saturated heterocycles. The highest BCUT2D eigenvalue weighted by atomic mass is 16.5. The van der Waals surface area contributed by atoms with Crippen molar-refractivity contribution < 1.29 is 24.1 Å². The van der Waals surface area contributed by atoms with Crippen molar-refractivity contribution in [2.24, 2.45) is 0 Å². The topological polar surface area (TPSA) is 89.1 Å². The summed E-state index contributed by atoms with van der Waals surface area (Å²) < 4.78 is 15.9. The summed E-state index contributed by atoms with van der Waals surface area (Å²) in [6.07, 6.45) is -0.657. The third-order valence-corrected chi connectivity index (χ3v) is 4.54. The van der Waals surface area contributed by atoms with E-state index in [1.807, 2.05) is 0 Å². The van der Waals surface area contributed by atoms with Crippen LogP contribution in [0.25, 0.3) is 11.0 Å². The molecule has 1 aromatic carbocycles. The minimum Gasteiger partial charge on any atom is -0.490 e. The number of aliphatic hydroxyl groups is 2. The van der Waals surface area contributed by atoms with Gasteiger partial charge >= 0.3 is 5.63 Å². The highest BCUT2D eigenvalue weighted by Crippen LogP contribution is 2.22. The van der Waals surface area contributed by atoms with Crippen molar-refractivity contribution in [2.75, 3.05) is 13.7 Å². The quantitative estimate of drug-likeness (QED) is 0.527. The van der Waals surface area contributed by atoms with Gasteiger partial charge in [0.2, 0.25) is 0 Å². The van der Waals surface area contributed by atoms with Gasteiger partial charge in [-0.05, 0) is 50.5 Å². The van der Waals surface area contributed by atoms with Gasteiger partial charge in [-0.25, -0.2) is 4.79 Å². The van der Waals surface area contributed by atoms with Crippen LogP contribution in [-0.4, -0.2) is 41.7 Å². The van der Waals surface area contributed by atoms with E-state index in [2.05, 4.69) is 6.58 Å². The van der Waals surface area contributed by atoms with Gasteiger partial charge in [-0.1, -0.05) is 6.58 Å². The predicted molar refractivity (Wildman–Crippen MR) is 99.5 cm³/mol. The molecule has 0 fully saturated rings. The maximum atomic E-state index is 11.3. The Bertz CT molecular complexity index is 807. The molecule has 1 heterocycles. The zero-order chi connectivity index (χ0) is 19.3. The van der Waals surface area contributed by atoms with Crippen molar-refractivity contribution >= 4 is 11.0 Å². The number of rotatable bonds is 9. The molecule has 0 radical (unpaired) electrons. The Labute approximate surface area is 152 Å². The van der Waals surface area contributed by atoms with Gasteiger partial charge in [0.25, 0.3) is 0 Å². The van der Waals surface area contributed by atoms with E-state index in [1.165, 1.54) is 6.07 Å². The van der Waals surface area contributed by atoms with Gasteiger partial charge in [-0.2, -0.15) is 0 Å². The Morgan fingerprint density at radius 2 is 1.96 bits per heavy atom. The largest absolute Gasteiger partial charge is 0.490 e. The summed E-state index contributed by atoms with van der Waals surface area (Å²) in [7, 11) is 1.55. The minimum absolute atomic E-state index is 0.0190. The van der Waals surface area contributed by atoms with Crippen LogP contribution < -0.4 is 10.4 Å². The highest BCUT2D eigenvalue weighted by Gasteiger charge is 2.27. The maximum absolute atomic E-state index is 11.3. The highest BCUT2D eigenvalue weighted by molar-refractivity contribution is 5.77. The molecule has 0 saturated carbocycles. The molecular weight excluding hydrogens is 336 g/mol. The number of benzene rings is 1. The molecule has 0 bridgehead atoms. The van der Waals surface area contributed by atoms with Crippen LogP contribution in [-0.2, 0) is 4.74 Å². The zero-order valence-electron chi connectivity index (χ0n) is 15.4. The third-order valence-electron chi connectivity index (χ3n) is 4.54. The molecule has 0 aliphatic carbocycles. The van der Waals surface area contributed by atoms with Gasteiger partial charge < -0.3 is 24.1 Å². The Hall–Kier alpha value is -2.15. The van der Waals surface area contributed by atoms with Crippen LogP contribution in [0.5, 0.6) is 5.75 Å². The van der Waals surface area contributed by atoms with Crippen LogP contribution >= 0.6 is 0 Å². The predicted octanol–water partition coefficient (Wildman–Crippen LogP) is 2.66. The Morgan fingerprint density at radius 1 is 1.27 bits per heavy atom. The molecule has 2 rings (SSSR count). The van der Waals surface area contributed by atoms with Crippen molar-refractivity contribution in [3.8, 4) is 5.75 Å². The SMILES string of the molecule is C=C(CCC(O)C(C)(C)OC)C(O)COc1ccc2ccc(=O)oc2c1. The molecular formula is C20H26O6. The zero-order valence-corrected chi connectivity index (χ0v) is 15.4. The Morgan fingerprint density at radius 3 is 2.65 bits per heavy atom. The lowest BCUT2D eigenvalue weighted by atomic mass is 9.94. The number of fused-ring (bicyclic) bond motifs is 1. The maximum Gasteiger partial charge on any atom is 0.336 e. The normalized spacial score (nSPS) is 14.2. The first-order chi connectivity index (χ1) is 12.2. The van der Waals surface area contributed by atoms with Gasteiger partial charge in [-0.15, -0.1) is 0 Å². The molecule has 0 spiro atoms. The first-order valence-electron chi connectivity index (χ1n) is 8.48. The molecule has 6 heteroatoms. The van der Waals surface area contributed by atoms with Crippen molar-refractivity contribution in [1.82, 2.24) is 0 Å². The number of methoxy groups -OCH3 is 1. The summed E-state index contributed by atoms with van der Waals surface area (Å²) in [5.74, 6) is 0.485. The van der Waals surface area contributed by atoms with E-state index < -0.39 is 23.4 Å². The van der Waals surface area contributed by atoms with Crippen LogP contribution in [0.2, 0.25) is 0 Å². The van der Waals surface area contributed by atoms with Gasteiger partial charge in [0.1, 0.15) is 24.0 Å². The van der Waals surface area contributed by atoms with E-state index in [0.29, 0.717) is 29.7 Å². The van der Waals surface area contributed by atoms with Crippen molar-refractivity contribution in [3.05, 3.63) is 52.9 Å². The molecule has 2 unspecified atom stereocenters. The van der Waals surface area contributed by atoms with Crippen LogP contribution in [0.15, 0.2) is 51.7 Å². The van der Waals surface area contributed by atoms with Gasteiger partial charge in [-0.3, -0.25) is 0 Å². The molecule has 0 amide bonds. The van der Waals surface area contributed by atoms with E-state index in [0.717, 1.165) is 5.39 Å². The average Bonchev–Trinajstić information content (AvgIpc) is 2.63. The number of ether oxygens (including phenoxy) is 2. The van der Waals surface area contributed by atoms with Crippen LogP contribution in [0.4, 0.5) is 0 Å². The van der Waals surface area contributed by atoms with E-state index in [9.17, 15) is 15.0 Å². The third kappa shape index (κ3) is 5.17. The fraction of sp³-hybridized carbons (Fsp3) is 0.450. The summed E-state index contributed by atoms with van der Waals surface area (Å²) in [5.41, 5.74) is -0.0892. The second-order valence-electron chi connectivity index (χ2n) is 6.80. The average molecular weight is 362 g/mol. The molecule has 2 N–H and O–H groups in total. The number of hydrogen-bond acceptors (Lipinski definition) is 6. The van der Waals surface area contributed by atoms with E-state index >= 15 is 0 Å². The van der Waals surface area contributed by atoms with Crippen LogP contribution in [0, 0.1) is 0 Å². The smallest absolute Gasteiger partial charge is 0.336 e. The lowest BCUT2D eigenvalue weighted by Crippen LogP contribution is -2.38. The number of aliphatic hydroxyl groups excluding tert-OH is 2. The summed E-state index contributed by atoms with van der Waals surface area (Å²) >= 11 is 0. The second kappa shape index (κ2) is 8.49. The lowest BCUT2D eigenvalue weighted by Gasteiger charge is -2.29. The van der Waals surface area contributed by atoms with Crippen molar-refractivity contribution in [3.63, 3.8) is 0 Å². The van der Waals surface area contributed by atoms with Crippen molar-refractivity contribution in [2.45, 2.75) is 44.5 Å². The molecule has 1 aromatic heterocycles. The Balaban J connectivity index is 1.88. The van der Waals surface area contributed by atoms with E-state index in [-0.39, 0.29) is 6.61 Å². The lowest BCUT2D eigenvalue weighted by molar-refractivity contribution is -0.0801. The van der Waals surface area contributed by atoms with Gasteiger partial charge in [0, 0.05) is 24.6 Å². The molecule has 0 aliphatic heterocycles. The molecule has 2 atom stereocenters. The summed E-state index contributed by atoms with van der Waals surface area (Å²) in [6, 6.07) is 8.15. The fourth-order valence-electron chi connectivity index (χ4n) is 2.40. The second-order valence-corrected chi connectivity index (χ2v) is 6.80. The summed E-state index contributed by atoms with van der Waals surface area (Å²) in [5, 5.41) is 21.1. The molecule has 6 nitrogen and oxygen atoms in total. The van der Waals surface area contributed by atoms with Gasteiger partial charge in [0.05, 0.1) is 11.7 Å². The summed E-state index contributed by atoms with van der Waals surface area (Å²) in [4.78, 5) is 11.3. The molecule has 142 valence electrons. The summed E-state index contributed by atoms with van der Waals surface area (Å²) in [6.45, 7) is 7.49. The molecule has 0 aliphatic rings. The first kappa shape index (κ1) is 20.2. The standard InChI is InChI=1S/C20H26O6/c1-13(5-9-18(22)20(2,3)24-4)16(21)12-25-15-8-6-14-7-10-19(23)26-17(14)11-15/h6-8,10-11,16,18,21-22H,1,5,9,12H2,2-4H3. The number of hydrogen-bond donors (Lipinski definition) is 2. The van der Waals surface area contributed by atoms with Crippen molar-refractivity contribution in [1.29, 1.82) is 0 Å². The van der Waals surface area contributed by atoms with Gasteiger partial charge in [0.15, 0.2) is 0 Å². The van der Waals surface area contributed by atoms with E-state index in [4.69, 9.17) is 13.9 Å².